The number of anilines is 1. The van der Waals surface area contributed by atoms with Crippen LogP contribution in [0.5, 0.6) is 0 Å². The van der Waals surface area contributed by atoms with Gasteiger partial charge in [-0.15, -0.1) is 6.58 Å². The first-order chi connectivity index (χ1) is 9.20. The van der Waals surface area contributed by atoms with Crippen molar-refractivity contribution in [1.82, 2.24) is 15.3 Å². The first kappa shape index (κ1) is 13.5. The molecule has 1 aliphatic rings. The van der Waals surface area contributed by atoms with Gasteiger partial charge < -0.3 is 10.2 Å². The number of carbonyl (C=O) groups is 1. The predicted molar refractivity (Wildman–Crippen MR) is 75.2 cm³/mol. The van der Waals surface area contributed by atoms with Gasteiger partial charge in [-0.3, -0.25) is 4.79 Å². The van der Waals surface area contributed by atoms with E-state index in [1.165, 1.54) is 12.8 Å². The Hall–Kier alpha value is -1.91. The van der Waals surface area contributed by atoms with Crippen LogP contribution >= 0.6 is 0 Å². The maximum atomic E-state index is 11.7. The Labute approximate surface area is 113 Å². The van der Waals surface area contributed by atoms with E-state index in [1.54, 1.807) is 18.5 Å². The molecule has 5 heteroatoms. The molecule has 0 radical (unpaired) electrons. The number of amides is 1. The lowest BCUT2D eigenvalue weighted by molar-refractivity contribution is 0.0957. The molecule has 0 aromatic carbocycles. The van der Waals surface area contributed by atoms with Crippen molar-refractivity contribution >= 4 is 11.9 Å². The lowest BCUT2D eigenvalue weighted by atomic mass is 10.0. The van der Waals surface area contributed by atoms with Gasteiger partial charge in [0.05, 0.1) is 5.56 Å². The van der Waals surface area contributed by atoms with Gasteiger partial charge >= 0.3 is 0 Å². The molecule has 1 amide bonds. The minimum Gasteiger partial charge on any atom is -0.348 e. The summed E-state index contributed by atoms with van der Waals surface area (Å²) in [4.78, 5) is 22.5. The fourth-order valence-corrected chi connectivity index (χ4v) is 2.24. The molecule has 1 saturated heterocycles. The maximum Gasteiger partial charge on any atom is 0.254 e. The number of aromatic nitrogens is 2. The normalized spacial score (nSPS) is 19.0. The van der Waals surface area contributed by atoms with Crippen LogP contribution in [0.3, 0.4) is 0 Å². The Balaban J connectivity index is 2.01. The van der Waals surface area contributed by atoms with Crippen LogP contribution < -0.4 is 10.2 Å². The highest BCUT2D eigenvalue weighted by atomic mass is 16.1. The van der Waals surface area contributed by atoms with Crippen LogP contribution in [0.1, 0.15) is 30.1 Å². The third-order valence-corrected chi connectivity index (χ3v) is 3.25. The van der Waals surface area contributed by atoms with Crippen molar-refractivity contribution in [2.45, 2.75) is 19.8 Å². The summed E-state index contributed by atoms with van der Waals surface area (Å²) >= 11 is 0. The average molecular weight is 260 g/mol. The fourth-order valence-electron chi connectivity index (χ4n) is 2.24. The Morgan fingerprint density at radius 2 is 2.32 bits per heavy atom. The molecule has 19 heavy (non-hydrogen) atoms. The summed E-state index contributed by atoms with van der Waals surface area (Å²) in [5.74, 6) is 1.22. The lowest BCUT2D eigenvalue weighted by Gasteiger charge is -2.30. The molecule has 1 aromatic rings. The second-order valence-electron chi connectivity index (χ2n) is 4.96. The van der Waals surface area contributed by atoms with E-state index < -0.39 is 0 Å². The Morgan fingerprint density at radius 1 is 1.58 bits per heavy atom. The second-order valence-corrected chi connectivity index (χ2v) is 4.96. The molecule has 1 N–H and O–H groups in total. The zero-order valence-electron chi connectivity index (χ0n) is 11.3. The molecule has 1 aromatic heterocycles. The first-order valence-electron chi connectivity index (χ1n) is 6.67. The molecule has 0 spiro atoms. The molecule has 102 valence electrons. The molecular weight excluding hydrogens is 240 g/mol. The lowest BCUT2D eigenvalue weighted by Crippen LogP contribution is -2.35. The van der Waals surface area contributed by atoms with Crippen LogP contribution in [-0.4, -0.2) is 35.5 Å². The zero-order chi connectivity index (χ0) is 13.7. The smallest absolute Gasteiger partial charge is 0.254 e. The van der Waals surface area contributed by atoms with E-state index in [0.717, 1.165) is 13.1 Å². The standard InChI is InChI=1S/C14H20N4O/c1-3-6-15-13(19)12-8-16-14(17-9-12)18-7-4-5-11(2)10-18/h3,8-9,11H,1,4-7,10H2,2H3,(H,15,19). The van der Waals surface area contributed by atoms with Crippen LogP contribution in [0.4, 0.5) is 5.95 Å². The predicted octanol–water partition coefficient (Wildman–Crippen LogP) is 1.63. The van der Waals surface area contributed by atoms with E-state index in [1.807, 2.05) is 0 Å². The third-order valence-electron chi connectivity index (χ3n) is 3.25. The first-order valence-corrected chi connectivity index (χ1v) is 6.67. The number of carbonyl (C=O) groups excluding carboxylic acids is 1. The van der Waals surface area contributed by atoms with Gasteiger partial charge in [0.15, 0.2) is 0 Å². The summed E-state index contributed by atoms with van der Waals surface area (Å²) in [5.41, 5.74) is 0.482. The molecule has 1 unspecified atom stereocenters. The third kappa shape index (κ3) is 3.53. The molecule has 1 fully saturated rings. The topological polar surface area (TPSA) is 58.1 Å². The van der Waals surface area contributed by atoms with Gasteiger partial charge in [0.2, 0.25) is 5.95 Å². The molecule has 1 atom stereocenters. The van der Waals surface area contributed by atoms with Crippen molar-refractivity contribution in [2.24, 2.45) is 5.92 Å². The number of hydrogen-bond acceptors (Lipinski definition) is 4. The van der Waals surface area contributed by atoms with E-state index in [-0.39, 0.29) is 5.91 Å². The van der Waals surface area contributed by atoms with E-state index in [0.29, 0.717) is 24.0 Å². The largest absolute Gasteiger partial charge is 0.348 e. The van der Waals surface area contributed by atoms with Gasteiger partial charge in [-0.2, -0.15) is 0 Å². The molecule has 2 heterocycles. The van der Waals surface area contributed by atoms with Crippen molar-refractivity contribution in [1.29, 1.82) is 0 Å². The molecule has 1 aliphatic heterocycles. The monoisotopic (exact) mass is 260 g/mol. The van der Waals surface area contributed by atoms with Gasteiger partial charge in [0, 0.05) is 32.0 Å². The summed E-state index contributed by atoms with van der Waals surface area (Å²) < 4.78 is 0. The van der Waals surface area contributed by atoms with Gasteiger partial charge in [-0.05, 0) is 18.8 Å². The number of hydrogen-bond donors (Lipinski definition) is 1. The average Bonchev–Trinajstić information content (AvgIpc) is 2.45. The van der Waals surface area contributed by atoms with Crippen molar-refractivity contribution in [3.05, 3.63) is 30.6 Å². The van der Waals surface area contributed by atoms with Crippen LogP contribution in [0.2, 0.25) is 0 Å². The van der Waals surface area contributed by atoms with E-state index >= 15 is 0 Å². The van der Waals surface area contributed by atoms with Gasteiger partial charge in [0.1, 0.15) is 0 Å². The van der Waals surface area contributed by atoms with Gasteiger partial charge in [0.25, 0.3) is 5.91 Å². The number of nitrogens with one attached hydrogen (secondary N) is 1. The summed E-state index contributed by atoms with van der Waals surface area (Å²) in [6.07, 6.45) is 7.24. The minimum absolute atomic E-state index is 0.168. The van der Waals surface area contributed by atoms with Crippen molar-refractivity contribution < 1.29 is 4.79 Å². The summed E-state index contributed by atoms with van der Waals surface area (Å²) in [7, 11) is 0. The molecule has 2 rings (SSSR count). The van der Waals surface area contributed by atoms with E-state index in [2.05, 4.69) is 33.7 Å². The Bertz CT molecular complexity index is 443. The van der Waals surface area contributed by atoms with E-state index in [9.17, 15) is 4.79 Å². The van der Waals surface area contributed by atoms with Gasteiger partial charge in [-0.1, -0.05) is 13.0 Å². The molecule has 0 saturated carbocycles. The zero-order valence-corrected chi connectivity index (χ0v) is 11.3. The molecule has 0 aliphatic carbocycles. The highest BCUT2D eigenvalue weighted by molar-refractivity contribution is 5.93. The van der Waals surface area contributed by atoms with Crippen LogP contribution in [0.15, 0.2) is 25.0 Å². The number of rotatable bonds is 4. The van der Waals surface area contributed by atoms with Crippen molar-refractivity contribution in [2.75, 3.05) is 24.5 Å². The second kappa shape index (κ2) is 6.31. The number of piperidine rings is 1. The maximum absolute atomic E-state index is 11.7. The summed E-state index contributed by atoms with van der Waals surface area (Å²) in [6, 6.07) is 0. The van der Waals surface area contributed by atoms with E-state index in [4.69, 9.17) is 0 Å². The summed E-state index contributed by atoms with van der Waals surface area (Å²) in [5, 5.41) is 2.70. The Kier molecular flexibility index (Phi) is 4.49. The van der Waals surface area contributed by atoms with Gasteiger partial charge in [-0.25, -0.2) is 9.97 Å². The highest BCUT2D eigenvalue weighted by Crippen LogP contribution is 2.19. The minimum atomic E-state index is -0.168. The van der Waals surface area contributed by atoms with Crippen molar-refractivity contribution in [3.8, 4) is 0 Å². The fraction of sp³-hybridized carbons (Fsp3) is 0.500. The SMILES string of the molecule is C=CCNC(=O)c1cnc(N2CCCC(C)C2)nc1. The Morgan fingerprint density at radius 3 is 2.95 bits per heavy atom. The summed E-state index contributed by atoms with van der Waals surface area (Å²) in [6.45, 7) is 8.22. The molecular formula is C14H20N4O. The molecule has 0 bridgehead atoms. The molecule has 5 nitrogen and oxygen atoms in total. The van der Waals surface area contributed by atoms with Crippen LogP contribution in [-0.2, 0) is 0 Å². The highest BCUT2D eigenvalue weighted by Gasteiger charge is 2.18. The number of nitrogens with zero attached hydrogens (tertiary/aromatic N) is 3. The quantitative estimate of drug-likeness (QED) is 0.836. The van der Waals surface area contributed by atoms with Crippen LogP contribution in [0.25, 0.3) is 0 Å². The van der Waals surface area contributed by atoms with Crippen LogP contribution in [0, 0.1) is 5.92 Å². The van der Waals surface area contributed by atoms with Crippen molar-refractivity contribution in [3.63, 3.8) is 0 Å².